The molecule has 0 fully saturated rings. The normalized spacial score (nSPS) is 12.7. The van der Waals surface area contributed by atoms with Crippen LogP contribution in [0.1, 0.15) is 17.1 Å². The number of rotatable bonds is 3. The molecule has 0 bridgehead atoms. The molecule has 0 unspecified atom stereocenters. The monoisotopic (exact) mass is 359 g/mol. The van der Waals surface area contributed by atoms with Crippen molar-refractivity contribution in [3.8, 4) is 0 Å². The van der Waals surface area contributed by atoms with E-state index in [-0.39, 0.29) is 32.9 Å². The van der Waals surface area contributed by atoms with E-state index < -0.39 is 21.9 Å². The van der Waals surface area contributed by atoms with Gasteiger partial charge >= 0.3 is 6.18 Å². The second-order valence-corrected chi connectivity index (χ2v) is 6.86. The molecular formula is C14H12F3N3O3S. The Kier molecular flexibility index (Phi) is 3.59. The molecule has 1 aromatic carbocycles. The largest absolute Gasteiger partial charge is 0.431 e. The molecule has 0 atom stereocenters. The average Bonchev–Trinajstić information content (AvgIpc) is 3.01. The third-order valence-electron chi connectivity index (χ3n) is 3.41. The summed E-state index contributed by atoms with van der Waals surface area (Å²) in [5.41, 5.74) is -0.317. The van der Waals surface area contributed by atoms with Gasteiger partial charge in [0.05, 0.1) is 0 Å². The van der Waals surface area contributed by atoms with Crippen LogP contribution in [0.25, 0.3) is 10.9 Å². The van der Waals surface area contributed by atoms with Gasteiger partial charge in [-0.1, -0.05) is 5.16 Å². The average molecular weight is 359 g/mol. The molecule has 0 aliphatic rings. The van der Waals surface area contributed by atoms with Gasteiger partial charge in [0.15, 0.2) is 10.7 Å². The van der Waals surface area contributed by atoms with Crippen LogP contribution in [0.15, 0.2) is 33.7 Å². The van der Waals surface area contributed by atoms with E-state index in [1.165, 1.54) is 32.0 Å². The highest BCUT2D eigenvalue weighted by Gasteiger charge is 2.32. The Balaban J connectivity index is 1.99. The number of benzene rings is 1. The molecule has 2 aromatic heterocycles. The fourth-order valence-corrected chi connectivity index (χ4v) is 3.79. The van der Waals surface area contributed by atoms with Crippen molar-refractivity contribution in [2.75, 3.05) is 4.72 Å². The summed E-state index contributed by atoms with van der Waals surface area (Å²) < 4.78 is 70.1. The summed E-state index contributed by atoms with van der Waals surface area (Å²) in [4.78, 5) is 2.15. The lowest BCUT2D eigenvalue weighted by Crippen LogP contribution is -2.14. The summed E-state index contributed by atoms with van der Waals surface area (Å²) in [6.07, 6.45) is -4.50. The number of sulfonamides is 1. The number of hydrogen-bond donors (Lipinski definition) is 2. The topological polar surface area (TPSA) is 88.0 Å². The Bertz CT molecular complexity index is 999. The summed E-state index contributed by atoms with van der Waals surface area (Å²) in [5, 5.41) is 3.82. The molecule has 0 aliphatic carbocycles. The molecule has 0 saturated heterocycles. The zero-order chi connectivity index (χ0) is 17.7. The number of fused-ring (bicyclic) bond motifs is 1. The van der Waals surface area contributed by atoms with Gasteiger partial charge < -0.3 is 9.51 Å². The van der Waals surface area contributed by atoms with Gasteiger partial charge in [-0.15, -0.1) is 0 Å². The predicted octanol–water partition coefficient (Wildman–Crippen LogP) is 3.59. The smallest absolute Gasteiger partial charge is 0.360 e. The molecule has 0 amide bonds. The van der Waals surface area contributed by atoms with Crippen molar-refractivity contribution in [3.63, 3.8) is 0 Å². The van der Waals surface area contributed by atoms with E-state index in [9.17, 15) is 21.6 Å². The third kappa shape index (κ3) is 2.84. The molecule has 0 saturated carbocycles. The van der Waals surface area contributed by atoms with Gasteiger partial charge in [-0.3, -0.25) is 4.72 Å². The molecule has 2 heterocycles. The van der Waals surface area contributed by atoms with Gasteiger partial charge in [0, 0.05) is 16.6 Å². The molecule has 2 N–H and O–H groups in total. The van der Waals surface area contributed by atoms with Crippen molar-refractivity contribution >= 4 is 26.6 Å². The fraction of sp³-hybridized carbons (Fsp3) is 0.214. The first-order chi connectivity index (χ1) is 11.1. The molecule has 0 aliphatic heterocycles. The zero-order valence-electron chi connectivity index (χ0n) is 12.5. The number of alkyl halides is 3. The van der Waals surface area contributed by atoms with Gasteiger partial charge in [-0.05, 0) is 38.1 Å². The maximum atomic E-state index is 12.7. The second kappa shape index (κ2) is 5.26. The standard InChI is InChI=1S/C14H12F3N3O3S/c1-7-13(8(2)23-19-7)24(21,22)20-10-3-4-11-9(5-10)6-12(18-11)14(15,16)17/h3-6,18,20H,1-2H3. The van der Waals surface area contributed by atoms with E-state index in [1.54, 1.807) is 0 Å². The number of halogens is 3. The summed E-state index contributed by atoms with van der Waals surface area (Å²) in [6, 6.07) is 4.98. The van der Waals surface area contributed by atoms with E-state index >= 15 is 0 Å². The van der Waals surface area contributed by atoms with Crippen molar-refractivity contribution in [1.82, 2.24) is 10.1 Å². The van der Waals surface area contributed by atoms with Gasteiger partial charge in [0.25, 0.3) is 10.0 Å². The highest BCUT2D eigenvalue weighted by molar-refractivity contribution is 7.92. The number of aromatic nitrogens is 2. The molecule has 3 aromatic rings. The van der Waals surface area contributed by atoms with Gasteiger partial charge in [0.2, 0.25) is 0 Å². The molecule has 3 rings (SSSR count). The van der Waals surface area contributed by atoms with E-state index in [4.69, 9.17) is 4.52 Å². The minimum atomic E-state index is -4.50. The van der Waals surface area contributed by atoms with Crippen molar-refractivity contribution in [2.24, 2.45) is 0 Å². The quantitative estimate of drug-likeness (QED) is 0.748. The summed E-state index contributed by atoms with van der Waals surface area (Å²) >= 11 is 0. The molecular weight excluding hydrogens is 347 g/mol. The summed E-state index contributed by atoms with van der Waals surface area (Å²) in [7, 11) is -3.96. The van der Waals surface area contributed by atoms with E-state index in [1.807, 2.05) is 0 Å². The molecule has 0 radical (unpaired) electrons. The highest BCUT2D eigenvalue weighted by atomic mass is 32.2. The molecule has 10 heteroatoms. The SMILES string of the molecule is Cc1noc(C)c1S(=O)(=O)Nc1ccc2[nH]c(C(F)(F)F)cc2c1. The third-order valence-corrected chi connectivity index (χ3v) is 5.04. The van der Waals surface area contributed by atoms with Crippen molar-refractivity contribution in [1.29, 1.82) is 0 Å². The van der Waals surface area contributed by atoms with E-state index in [0.717, 1.165) is 6.07 Å². The van der Waals surface area contributed by atoms with Crippen molar-refractivity contribution in [2.45, 2.75) is 24.9 Å². The lowest BCUT2D eigenvalue weighted by atomic mass is 10.2. The second-order valence-electron chi connectivity index (χ2n) is 5.24. The van der Waals surface area contributed by atoms with Crippen LogP contribution in [-0.4, -0.2) is 18.6 Å². The van der Waals surface area contributed by atoms with Crippen LogP contribution >= 0.6 is 0 Å². The van der Waals surface area contributed by atoms with Crippen LogP contribution in [0, 0.1) is 13.8 Å². The Morgan fingerprint density at radius 2 is 1.92 bits per heavy atom. The molecule has 0 spiro atoms. The van der Waals surface area contributed by atoms with E-state index in [0.29, 0.717) is 0 Å². The first kappa shape index (κ1) is 16.4. The minimum absolute atomic E-state index is 0.0901. The first-order valence-electron chi connectivity index (χ1n) is 6.73. The van der Waals surface area contributed by atoms with Crippen LogP contribution in [-0.2, 0) is 16.2 Å². The van der Waals surface area contributed by atoms with Crippen LogP contribution in [0.3, 0.4) is 0 Å². The van der Waals surface area contributed by atoms with Crippen LogP contribution in [0.4, 0.5) is 18.9 Å². The number of anilines is 1. The number of H-pyrrole nitrogens is 1. The predicted molar refractivity (Wildman–Crippen MR) is 80.1 cm³/mol. The van der Waals surface area contributed by atoms with Gasteiger partial charge in [-0.25, -0.2) is 8.42 Å². The van der Waals surface area contributed by atoms with Crippen LogP contribution < -0.4 is 4.72 Å². The van der Waals surface area contributed by atoms with E-state index in [2.05, 4.69) is 14.9 Å². The van der Waals surface area contributed by atoms with Crippen LogP contribution in [0.5, 0.6) is 0 Å². The van der Waals surface area contributed by atoms with Crippen molar-refractivity contribution in [3.05, 3.63) is 41.4 Å². The Morgan fingerprint density at radius 3 is 2.50 bits per heavy atom. The Hall–Kier alpha value is -2.49. The molecule has 6 nitrogen and oxygen atoms in total. The lowest BCUT2D eigenvalue weighted by Gasteiger charge is -2.07. The number of nitrogens with one attached hydrogen (secondary N) is 2. The lowest BCUT2D eigenvalue weighted by molar-refractivity contribution is -0.140. The van der Waals surface area contributed by atoms with Gasteiger partial charge in [-0.2, -0.15) is 13.2 Å². The Morgan fingerprint density at radius 1 is 1.21 bits per heavy atom. The first-order valence-corrected chi connectivity index (χ1v) is 8.22. The van der Waals surface area contributed by atoms with Gasteiger partial charge in [0.1, 0.15) is 11.4 Å². The molecule has 24 heavy (non-hydrogen) atoms. The van der Waals surface area contributed by atoms with Crippen molar-refractivity contribution < 1.29 is 26.1 Å². The van der Waals surface area contributed by atoms with Crippen LogP contribution in [0.2, 0.25) is 0 Å². The summed E-state index contributed by atoms with van der Waals surface area (Å²) in [6.45, 7) is 2.94. The molecule has 128 valence electrons. The Labute approximate surface area is 134 Å². The number of aryl methyl sites for hydroxylation is 2. The minimum Gasteiger partial charge on any atom is -0.360 e. The number of aromatic amines is 1. The number of nitrogens with zero attached hydrogens (tertiary/aromatic N) is 1. The maximum Gasteiger partial charge on any atom is 0.431 e. The highest BCUT2D eigenvalue weighted by Crippen LogP contribution is 2.32. The summed E-state index contributed by atoms with van der Waals surface area (Å²) in [5.74, 6) is 0.127. The number of hydrogen-bond acceptors (Lipinski definition) is 4. The fourth-order valence-electron chi connectivity index (χ4n) is 2.41. The zero-order valence-corrected chi connectivity index (χ0v) is 13.3. The maximum absolute atomic E-state index is 12.7.